The molecule has 2 unspecified atom stereocenters. The molecule has 0 aromatic carbocycles. The van der Waals surface area contributed by atoms with E-state index >= 15 is 0 Å². The van der Waals surface area contributed by atoms with Crippen molar-refractivity contribution in [3.8, 4) is 11.5 Å². The second kappa shape index (κ2) is 16.1. The van der Waals surface area contributed by atoms with Gasteiger partial charge >= 0.3 is 11.9 Å². The molecule has 0 bridgehead atoms. The van der Waals surface area contributed by atoms with Crippen LogP contribution in [0.4, 0.5) is 0 Å². The van der Waals surface area contributed by atoms with Crippen molar-refractivity contribution in [2.45, 2.75) is 50.7 Å². The molecule has 2 aromatic rings. The highest BCUT2D eigenvalue weighted by Gasteiger charge is 2.30. The highest BCUT2D eigenvalue weighted by molar-refractivity contribution is 6.29. The molecule has 4 aliphatic rings. The molecule has 0 spiro atoms. The number of rotatable bonds is 10. The van der Waals surface area contributed by atoms with Crippen LogP contribution in [0, 0.1) is 11.8 Å². The van der Waals surface area contributed by atoms with Gasteiger partial charge in [0.1, 0.15) is 12.2 Å². The topological polar surface area (TPSA) is 121 Å². The van der Waals surface area contributed by atoms with Gasteiger partial charge in [0.2, 0.25) is 12.4 Å². The van der Waals surface area contributed by atoms with Gasteiger partial charge in [-0.05, 0) is 49.9 Å². The van der Waals surface area contributed by atoms with E-state index in [1.54, 1.807) is 24.8 Å². The summed E-state index contributed by atoms with van der Waals surface area (Å²) in [5.74, 6) is -0.462. The van der Waals surface area contributed by atoms with Gasteiger partial charge in [0.25, 0.3) is 12.4 Å². The monoisotopic (exact) mass is 636 g/mol. The van der Waals surface area contributed by atoms with Gasteiger partial charge in [0, 0.05) is 59.4 Å². The van der Waals surface area contributed by atoms with Crippen molar-refractivity contribution in [2.24, 2.45) is 11.8 Å². The van der Waals surface area contributed by atoms with Gasteiger partial charge in [-0.25, -0.2) is 9.59 Å². The van der Waals surface area contributed by atoms with Crippen molar-refractivity contribution in [1.29, 1.82) is 0 Å². The molecule has 2 atom stereocenters. The Morgan fingerprint density at radius 3 is 1.48 bits per heavy atom. The minimum Gasteiger partial charge on any atom is -0.484 e. The van der Waals surface area contributed by atoms with Crippen molar-refractivity contribution >= 4 is 24.1 Å². The second-order valence-corrected chi connectivity index (χ2v) is 12.2. The van der Waals surface area contributed by atoms with Crippen LogP contribution in [-0.2, 0) is 19.1 Å². The lowest BCUT2D eigenvalue weighted by Crippen LogP contribution is -2.54. The van der Waals surface area contributed by atoms with Crippen molar-refractivity contribution < 1.29 is 47.7 Å². The first-order valence-electron chi connectivity index (χ1n) is 16.4. The number of carbonyl (C=O) groups excluding carboxylic acids is 2. The highest BCUT2D eigenvalue weighted by atomic mass is 16.7. The van der Waals surface area contributed by atoms with E-state index in [1.807, 2.05) is 24.3 Å². The highest BCUT2D eigenvalue weighted by Crippen LogP contribution is 2.21. The second-order valence-electron chi connectivity index (χ2n) is 12.2. The summed E-state index contributed by atoms with van der Waals surface area (Å²) in [5, 5.41) is 6.71. The van der Waals surface area contributed by atoms with Crippen LogP contribution in [0.25, 0.3) is 12.2 Å². The molecule has 0 radical (unpaired) electrons. The number of ether oxygens (including phenoxy) is 4. The first-order valence-corrected chi connectivity index (χ1v) is 16.4. The molecule has 4 aliphatic heterocycles. The van der Waals surface area contributed by atoms with Crippen LogP contribution in [0.2, 0.25) is 0 Å². The Morgan fingerprint density at radius 2 is 1.09 bits per heavy atom. The van der Waals surface area contributed by atoms with Crippen LogP contribution in [0.3, 0.4) is 0 Å². The molecule has 12 heteroatoms. The summed E-state index contributed by atoms with van der Waals surface area (Å²) in [4.78, 5) is 36.9. The number of nitrogens with zero attached hydrogens (tertiary/aromatic N) is 2. The van der Waals surface area contributed by atoms with Crippen molar-refractivity contribution in [2.75, 3.05) is 52.6 Å². The van der Waals surface area contributed by atoms with Crippen LogP contribution in [-0.4, -0.2) is 76.8 Å². The predicted molar refractivity (Wildman–Crippen MR) is 165 cm³/mol. The Bertz CT molecular complexity index is 1290. The number of pyridine rings is 2. The molecule has 0 aliphatic carbocycles. The number of hydrogen-bond donors (Lipinski definition) is 2. The van der Waals surface area contributed by atoms with E-state index in [2.05, 4.69) is 22.8 Å². The summed E-state index contributed by atoms with van der Waals surface area (Å²) in [6.45, 7) is 6.35. The van der Waals surface area contributed by atoms with E-state index in [4.69, 9.17) is 28.6 Å². The molecule has 0 amide bonds. The molecular weight excluding hydrogens is 592 g/mol. The minimum atomic E-state index is -1.18. The first kappa shape index (κ1) is 32.1. The Morgan fingerprint density at radius 1 is 0.652 bits per heavy atom. The molecule has 46 heavy (non-hydrogen) atoms. The number of carbonyl (C=O) groups is 2. The molecule has 4 fully saturated rings. The Balaban J connectivity index is 1.16. The lowest BCUT2D eigenvalue weighted by atomic mass is 10.1. The Hall–Kier alpha value is -3.84. The largest absolute Gasteiger partial charge is 0.494 e. The maximum atomic E-state index is 13.0. The fourth-order valence-corrected chi connectivity index (χ4v) is 5.93. The van der Waals surface area contributed by atoms with Crippen LogP contribution >= 0.6 is 0 Å². The summed E-state index contributed by atoms with van der Waals surface area (Å²) >= 11 is 0. The zero-order chi connectivity index (χ0) is 31.6. The van der Waals surface area contributed by atoms with Gasteiger partial charge in [0.15, 0.2) is 11.5 Å². The molecule has 246 valence electrons. The smallest absolute Gasteiger partial charge is 0.484 e. The summed E-state index contributed by atoms with van der Waals surface area (Å²) < 4.78 is 25.7. The molecule has 2 N–H and O–H groups in total. The average molecular weight is 637 g/mol. The third-order valence-corrected chi connectivity index (χ3v) is 8.48. The Kier molecular flexibility index (Phi) is 11.3. The average Bonchev–Trinajstić information content (AvgIpc) is 3.79. The molecule has 6 rings (SSSR count). The lowest BCUT2D eigenvalue weighted by molar-refractivity contribution is -0.876. The minimum absolute atomic E-state index is 0.0127. The zero-order valence-electron chi connectivity index (χ0n) is 26.1. The van der Waals surface area contributed by atoms with Gasteiger partial charge in [-0.3, -0.25) is 0 Å². The van der Waals surface area contributed by atoms with Gasteiger partial charge in [-0.15, -0.1) is 0 Å². The van der Waals surface area contributed by atoms with Gasteiger partial charge in [-0.1, -0.05) is 24.3 Å². The SMILES string of the molecule is O=C(O[n+]1cc(C=CC2CCNC2)cc(OC2CCOCC2)c1)C(=O)O[n+]1cc(C=CC2CCNC2)cc(OC2CCOCC2)c1. The van der Waals surface area contributed by atoms with Crippen LogP contribution in [0.1, 0.15) is 49.7 Å². The van der Waals surface area contributed by atoms with Crippen molar-refractivity contribution in [3.05, 3.63) is 60.2 Å². The summed E-state index contributed by atoms with van der Waals surface area (Å²) in [7, 11) is 0. The first-order chi connectivity index (χ1) is 22.6. The van der Waals surface area contributed by atoms with E-state index in [9.17, 15) is 9.59 Å². The Labute approximate surface area is 269 Å². The summed E-state index contributed by atoms with van der Waals surface area (Å²) in [5.41, 5.74) is 1.55. The van der Waals surface area contributed by atoms with Gasteiger partial charge < -0.3 is 29.6 Å². The van der Waals surface area contributed by atoms with Gasteiger partial charge in [-0.2, -0.15) is 9.68 Å². The summed E-state index contributed by atoms with van der Waals surface area (Å²) in [6, 6.07) is 3.79. The maximum Gasteiger partial charge on any atom is 0.494 e. The quantitative estimate of drug-likeness (QED) is 0.291. The zero-order valence-corrected chi connectivity index (χ0v) is 26.1. The summed E-state index contributed by atoms with van der Waals surface area (Å²) in [6.07, 6.45) is 19.8. The molecule has 12 nitrogen and oxygen atoms in total. The van der Waals surface area contributed by atoms with Crippen LogP contribution < -0.4 is 39.2 Å². The van der Waals surface area contributed by atoms with Crippen molar-refractivity contribution in [1.82, 2.24) is 10.6 Å². The van der Waals surface area contributed by atoms with E-state index in [-0.39, 0.29) is 12.2 Å². The predicted octanol–water partition coefficient (Wildman–Crippen LogP) is 1.23. The third kappa shape index (κ3) is 9.58. The standard InChI is InChI=1S/C34H44N4O8/c39-33(45-37-21-27(3-1-25-5-11-35-19-25)17-31(23-37)43-29-7-13-41-14-8-29)34(40)46-38-22-28(4-2-26-6-12-36-20-26)18-32(24-38)44-30-9-15-42-16-10-30/h1-4,17-18,21-26,29-30,35-36H,5-16,19-20H2/q+2. The fourth-order valence-electron chi connectivity index (χ4n) is 5.93. The lowest BCUT2D eigenvalue weighted by Gasteiger charge is -2.22. The fraction of sp³-hybridized carbons (Fsp3) is 0.529. The molecular formula is C34H44N4O8+2. The maximum absolute atomic E-state index is 13.0. The van der Waals surface area contributed by atoms with Crippen LogP contribution in [0.15, 0.2) is 49.1 Å². The van der Waals surface area contributed by atoms with E-state index in [0.717, 1.165) is 75.8 Å². The number of aromatic nitrogens is 2. The van der Waals surface area contributed by atoms with Gasteiger partial charge in [0.05, 0.1) is 26.4 Å². The van der Waals surface area contributed by atoms with Crippen LogP contribution in [0.5, 0.6) is 11.5 Å². The van der Waals surface area contributed by atoms with E-state index < -0.39 is 11.9 Å². The van der Waals surface area contributed by atoms with E-state index in [0.29, 0.717) is 49.8 Å². The number of nitrogens with one attached hydrogen (secondary N) is 2. The van der Waals surface area contributed by atoms with Crippen molar-refractivity contribution in [3.63, 3.8) is 0 Å². The molecule has 6 heterocycles. The number of hydrogen-bond acceptors (Lipinski definition) is 10. The third-order valence-electron chi connectivity index (χ3n) is 8.48. The molecule has 2 aromatic heterocycles. The normalized spacial score (nSPS) is 22.8. The molecule has 0 saturated carbocycles. The van der Waals surface area contributed by atoms with E-state index in [1.165, 1.54) is 9.46 Å². The molecule has 4 saturated heterocycles.